The minimum Gasteiger partial charge on any atom is -0.378 e. The van der Waals surface area contributed by atoms with E-state index >= 15 is 0 Å². The lowest BCUT2D eigenvalue weighted by atomic mass is 10.1. The first-order valence-electron chi connectivity index (χ1n) is 8.60. The largest absolute Gasteiger partial charge is 0.378 e. The van der Waals surface area contributed by atoms with Crippen LogP contribution < -0.4 is 5.32 Å². The summed E-state index contributed by atoms with van der Waals surface area (Å²) in [6.07, 6.45) is 7.11. The van der Waals surface area contributed by atoms with Crippen LogP contribution in [0.1, 0.15) is 37.2 Å². The lowest BCUT2D eigenvalue weighted by Gasteiger charge is -2.34. The van der Waals surface area contributed by atoms with E-state index < -0.39 is 0 Å². The molecule has 0 spiro atoms. The number of aliphatic imine (C=N–C) groups is 1. The Hall–Kier alpha value is -0.960. The van der Waals surface area contributed by atoms with Crippen molar-refractivity contribution < 1.29 is 4.74 Å². The van der Waals surface area contributed by atoms with Gasteiger partial charge in [-0.1, -0.05) is 0 Å². The van der Waals surface area contributed by atoms with Crippen LogP contribution >= 0.6 is 24.0 Å². The lowest BCUT2D eigenvalue weighted by molar-refractivity contribution is 0.0131. The molecule has 0 amide bonds. The van der Waals surface area contributed by atoms with Gasteiger partial charge in [-0.25, -0.2) is 9.97 Å². The second kappa shape index (κ2) is 9.50. The van der Waals surface area contributed by atoms with E-state index in [2.05, 4.69) is 25.2 Å². The summed E-state index contributed by atoms with van der Waals surface area (Å²) in [5.74, 6) is 2.59. The number of nitrogens with zero attached hydrogens (tertiary/aromatic N) is 4. The van der Waals surface area contributed by atoms with Crippen molar-refractivity contribution in [2.75, 3.05) is 26.7 Å². The van der Waals surface area contributed by atoms with Crippen LogP contribution in [0.15, 0.2) is 17.3 Å². The fourth-order valence-electron chi connectivity index (χ4n) is 2.90. The van der Waals surface area contributed by atoms with Gasteiger partial charge in [0.15, 0.2) is 5.96 Å². The fraction of sp³-hybridized carbons (Fsp3) is 0.706. The van der Waals surface area contributed by atoms with Gasteiger partial charge in [-0.05, 0) is 44.6 Å². The molecule has 2 aliphatic rings. The molecule has 1 aromatic heterocycles. The van der Waals surface area contributed by atoms with Gasteiger partial charge >= 0.3 is 0 Å². The number of piperidine rings is 1. The highest BCUT2D eigenvalue weighted by molar-refractivity contribution is 14.0. The van der Waals surface area contributed by atoms with Crippen LogP contribution in [0.25, 0.3) is 0 Å². The molecule has 2 heterocycles. The van der Waals surface area contributed by atoms with E-state index in [0.29, 0.717) is 12.6 Å². The van der Waals surface area contributed by atoms with E-state index in [0.717, 1.165) is 55.9 Å². The van der Waals surface area contributed by atoms with E-state index in [-0.39, 0.29) is 24.0 Å². The van der Waals surface area contributed by atoms with Crippen molar-refractivity contribution in [3.63, 3.8) is 0 Å². The second-order valence-corrected chi connectivity index (χ2v) is 6.46. The molecular weight excluding hydrogens is 417 g/mol. The van der Waals surface area contributed by atoms with Crippen molar-refractivity contribution in [1.29, 1.82) is 0 Å². The van der Waals surface area contributed by atoms with Crippen molar-refractivity contribution in [3.8, 4) is 0 Å². The second-order valence-electron chi connectivity index (χ2n) is 6.46. The van der Waals surface area contributed by atoms with Crippen LogP contribution in [0.5, 0.6) is 0 Å². The van der Waals surface area contributed by atoms with Gasteiger partial charge in [-0.15, -0.1) is 24.0 Å². The number of halogens is 1. The molecule has 2 fully saturated rings. The molecule has 7 heteroatoms. The maximum atomic E-state index is 6.01. The number of aromatic nitrogens is 2. The number of nitrogens with one attached hydrogen (secondary N) is 1. The maximum Gasteiger partial charge on any atom is 0.193 e. The molecule has 134 valence electrons. The van der Waals surface area contributed by atoms with Gasteiger partial charge in [0.05, 0.1) is 18.3 Å². The molecule has 6 nitrogen and oxygen atoms in total. The first-order chi connectivity index (χ1) is 11.2. The monoisotopic (exact) mass is 445 g/mol. The van der Waals surface area contributed by atoms with Gasteiger partial charge in [-0.3, -0.25) is 4.99 Å². The molecule has 0 aromatic carbocycles. The number of hydrogen-bond donors (Lipinski definition) is 1. The van der Waals surface area contributed by atoms with Crippen LogP contribution in [-0.4, -0.2) is 53.7 Å². The first kappa shape index (κ1) is 19.4. The molecule has 0 unspecified atom stereocenters. The molecular formula is C17H28IN5O. The minimum absolute atomic E-state index is 0. The molecule has 1 aliphatic heterocycles. The zero-order chi connectivity index (χ0) is 16.1. The van der Waals surface area contributed by atoms with Gasteiger partial charge in [0.1, 0.15) is 5.82 Å². The Morgan fingerprint density at radius 2 is 2.08 bits per heavy atom. The third kappa shape index (κ3) is 5.84. The van der Waals surface area contributed by atoms with Crippen molar-refractivity contribution >= 4 is 29.9 Å². The third-order valence-corrected chi connectivity index (χ3v) is 4.48. The topological polar surface area (TPSA) is 62.6 Å². The molecule has 1 aliphatic carbocycles. The quantitative estimate of drug-likeness (QED) is 0.429. The van der Waals surface area contributed by atoms with Gasteiger partial charge < -0.3 is 15.0 Å². The average Bonchev–Trinajstić information content (AvgIpc) is 3.39. The smallest absolute Gasteiger partial charge is 0.193 e. The van der Waals surface area contributed by atoms with E-state index in [1.807, 2.05) is 20.0 Å². The number of rotatable bonds is 5. The van der Waals surface area contributed by atoms with Crippen LogP contribution in [0, 0.1) is 12.8 Å². The highest BCUT2D eigenvalue weighted by Crippen LogP contribution is 2.30. The van der Waals surface area contributed by atoms with Crippen LogP contribution in [0.4, 0.5) is 0 Å². The first-order valence-corrected chi connectivity index (χ1v) is 8.60. The van der Waals surface area contributed by atoms with E-state index in [4.69, 9.17) is 4.74 Å². The molecule has 0 atom stereocenters. The predicted molar refractivity (Wildman–Crippen MR) is 106 cm³/mol. The maximum absolute atomic E-state index is 6.01. The molecule has 24 heavy (non-hydrogen) atoms. The summed E-state index contributed by atoms with van der Waals surface area (Å²) in [4.78, 5) is 15.3. The van der Waals surface area contributed by atoms with Gasteiger partial charge in [0, 0.05) is 32.9 Å². The molecule has 3 rings (SSSR count). The summed E-state index contributed by atoms with van der Waals surface area (Å²) in [5.41, 5.74) is 0.987. The number of likely N-dealkylation sites (tertiary alicyclic amines) is 1. The molecule has 1 saturated heterocycles. The Morgan fingerprint density at radius 1 is 1.33 bits per heavy atom. The summed E-state index contributed by atoms with van der Waals surface area (Å²) < 4.78 is 6.01. The van der Waals surface area contributed by atoms with Gasteiger partial charge in [-0.2, -0.15) is 0 Å². The summed E-state index contributed by atoms with van der Waals surface area (Å²) in [6, 6.07) is 1.94. The Bertz CT molecular complexity index is 542. The Labute approximate surface area is 161 Å². The molecule has 1 aromatic rings. The molecule has 0 bridgehead atoms. The highest BCUT2D eigenvalue weighted by atomic mass is 127. The summed E-state index contributed by atoms with van der Waals surface area (Å²) in [6.45, 7) is 5.54. The molecule has 1 saturated carbocycles. The fourth-order valence-corrected chi connectivity index (χ4v) is 2.90. The van der Waals surface area contributed by atoms with Crippen LogP contribution in [0.2, 0.25) is 0 Å². The number of guanidine groups is 1. The SMILES string of the molecule is CN=C(NCc1ccnc(C)n1)N1CCC(OCC2CC2)CC1.I. The van der Waals surface area contributed by atoms with Crippen molar-refractivity contribution in [3.05, 3.63) is 23.8 Å². The zero-order valence-corrected chi connectivity index (χ0v) is 16.9. The predicted octanol–water partition coefficient (Wildman–Crippen LogP) is 2.37. The summed E-state index contributed by atoms with van der Waals surface area (Å²) >= 11 is 0. The van der Waals surface area contributed by atoms with Crippen molar-refractivity contribution in [1.82, 2.24) is 20.2 Å². The summed E-state index contributed by atoms with van der Waals surface area (Å²) in [5, 5.41) is 3.40. The standard InChI is InChI=1S/C17H27N5O.HI/c1-13-19-8-5-15(21-13)11-20-17(18-2)22-9-6-16(7-10-22)23-12-14-3-4-14;/h5,8,14,16H,3-4,6-7,9-12H2,1-2H3,(H,18,20);1H. The van der Waals surface area contributed by atoms with Crippen LogP contribution in [0.3, 0.4) is 0 Å². The average molecular weight is 445 g/mol. The number of aryl methyl sites for hydroxylation is 1. The Morgan fingerprint density at radius 3 is 2.71 bits per heavy atom. The van der Waals surface area contributed by atoms with Crippen molar-refractivity contribution in [2.24, 2.45) is 10.9 Å². The number of hydrogen-bond acceptors (Lipinski definition) is 4. The minimum atomic E-state index is 0. The lowest BCUT2D eigenvalue weighted by Crippen LogP contribution is -2.46. The van der Waals surface area contributed by atoms with Crippen LogP contribution in [-0.2, 0) is 11.3 Å². The van der Waals surface area contributed by atoms with Gasteiger partial charge in [0.2, 0.25) is 0 Å². The van der Waals surface area contributed by atoms with Crippen molar-refractivity contribution in [2.45, 2.75) is 45.3 Å². The zero-order valence-electron chi connectivity index (χ0n) is 14.6. The van der Waals surface area contributed by atoms with E-state index in [9.17, 15) is 0 Å². The Kier molecular flexibility index (Phi) is 7.67. The third-order valence-electron chi connectivity index (χ3n) is 4.48. The Balaban J connectivity index is 0.00000208. The highest BCUT2D eigenvalue weighted by Gasteiger charge is 2.26. The summed E-state index contributed by atoms with van der Waals surface area (Å²) in [7, 11) is 1.84. The molecule has 1 N–H and O–H groups in total. The van der Waals surface area contributed by atoms with E-state index in [1.54, 1.807) is 6.20 Å². The molecule has 0 radical (unpaired) electrons. The normalized spacial score (nSPS) is 19.1. The van der Waals surface area contributed by atoms with E-state index in [1.165, 1.54) is 12.8 Å². The van der Waals surface area contributed by atoms with Gasteiger partial charge in [0.25, 0.3) is 0 Å². The number of ether oxygens (including phenoxy) is 1.